The summed E-state index contributed by atoms with van der Waals surface area (Å²) in [6.07, 6.45) is 1.68. The fourth-order valence-corrected chi connectivity index (χ4v) is 3.42. The molecule has 2 N–H and O–H groups in total. The third-order valence-electron chi connectivity index (χ3n) is 4.56. The number of tetrazole rings is 1. The highest BCUT2D eigenvalue weighted by Crippen LogP contribution is 2.31. The van der Waals surface area contributed by atoms with Gasteiger partial charge in [0.15, 0.2) is 11.6 Å². The van der Waals surface area contributed by atoms with Crippen LogP contribution in [0.25, 0.3) is 28.2 Å². The van der Waals surface area contributed by atoms with Gasteiger partial charge in [0.05, 0.1) is 10.6 Å². The monoisotopic (exact) mass is 423 g/mol. The number of hydrogen-bond acceptors (Lipinski definition) is 6. The predicted octanol–water partition coefficient (Wildman–Crippen LogP) is 3.83. The highest BCUT2D eigenvalue weighted by Gasteiger charge is 2.20. The number of hydrogen-bond donors (Lipinski definition) is 1. The molecule has 4 aromatic rings. The molecule has 2 heterocycles. The molecule has 0 atom stereocenters. The van der Waals surface area contributed by atoms with Crippen LogP contribution in [-0.2, 0) is 6.54 Å². The van der Waals surface area contributed by atoms with Crippen LogP contribution in [0.5, 0.6) is 0 Å². The van der Waals surface area contributed by atoms with E-state index in [-0.39, 0.29) is 22.4 Å². The lowest BCUT2D eigenvalue weighted by Crippen LogP contribution is -2.10. The maximum atomic E-state index is 14.4. The van der Waals surface area contributed by atoms with E-state index >= 15 is 0 Å². The standard InChI is InChI=1S/C21H19ClFN7/c1-29(2)12-13-6-8-14(9-7-13)15-10-16(20(24)25-11-15)21-26-27-28-30(21)19-17(22)4-3-5-18(19)23/h3-11H,12H2,1-2H3,(H2,24,25). The Labute approximate surface area is 177 Å². The van der Waals surface area contributed by atoms with Gasteiger partial charge < -0.3 is 10.6 Å². The van der Waals surface area contributed by atoms with Crippen LogP contribution in [0.15, 0.2) is 54.7 Å². The number of benzene rings is 2. The van der Waals surface area contributed by atoms with E-state index < -0.39 is 5.82 Å². The molecule has 2 aromatic carbocycles. The zero-order valence-electron chi connectivity index (χ0n) is 16.4. The van der Waals surface area contributed by atoms with Crippen molar-refractivity contribution in [2.75, 3.05) is 19.8 Å². The third-order valence-corrected chi connectivity index (χ3v) is 4.87. The molecule has 0 radical (unpaired) electrons. The molecule has 0 unspecified atom stereocenters. The van der Waals surface area contributed by atoms with E-state index in [2.05, 4.69) is 37.5 Å². The Morgan fingerprint density at radius 1 is 1.10 bits per heavy atom. The summed E-state index contributed by atoms with van der Waals surface area (Å²) in [6.45, 7) is 0.851. The van der Waals surface area contributed by atoms with Crippen molar-refractivity contribution in [3.8, 4) is 28.2 Å². The molecule has 0 amide bonds. The van der Waals surface area contributed by atoms with Gasteiger partial charge in [-0.25, -0.2) is 9.37 Å². The van der Waals surface area contributed by atoms with Gasteiger partial charge in [-0.2, -0.15) is 4.68 Å². The molecule has 4 rings (SSSR count). The molecule has 0 aliphatic heterocycles. The van der Waals surface area contributed by atoms with Crippen LogP contribution in [-0.4, -0.2) is 44.2 Å². The highest BCUT2D eigenvalue weighted by atomic mass is 35.5. The molecular weight excluding hydrogens is 405 g/mol. The summed E-state index contributed by atoms with van der Waals surface area (Å²) < 4.78 is 15.7. The van der Waals surface area contributed by atoms with Crippen molar-refractivity contribution in [2.45, 2.75) is 6.54 Å². The Hall–Kier alpha value is -3.36. The molecule has 0 saturated heterocycles. The van der Waals surface area contributed by atoms with Gasteiger partial charge in [0.2, 0.25) is 0 Å². The van der Waals surface area contributed by atoms with Crippen LogP contribution in [0.2, 0.25) is 5.02 Å². The Morgan fingerprint density at radius 2 is 1.87 bits per heavy atom. The summed E-state index contributed by atoms with van der Waals surface area (Å²) in [4.78, 5) is 6.40. The van der Waals surface area contributed by atoms with Crippen molar-refractivity contribution >= 4 is 17.4 Å². The first-order chi connectivity index (χ1) is 14.4. The van der Waals surface area contributed by atoms with E-state index in [0.29, 0.717) is 5.56 Å². The van der Waals surface area contributed by atoms with Gasteiger partial charge in [0, 0.05) is 18.3 Å². The third kappa shape index (κ3) is 3.87. The number of anilines is 1. The van der Waals surface area contributed by atoms with Gasteiger partial charge in [0.25, 0.3) is 0 Å². The van der Waals surface area contributed by atoms with E-state index in [4.69, 9.17) is 17.3 Å². The number of pyridine rings is 1. The summed E-state index contributed by atoms with van der Waals surface area (Å²) in [5.74, 6) is -0.0696. The molecule has 7 nitrogen and oxygen atoms in total. The molecule has 9 heteroatoms. The minimum Gasteiger partial charge on any atom is -0.383 e. The molecule has 0 bridgehead atoms. The maximum Gasteiger partial charge on any atom is 0.191 e. The zero-order valence-corrected chi connectivity index (χ0v) is 17.2. The van der Waals surface area contributed by atoms with Gasteiger partial charge in [-0.1, -0.05) is 41.9 Å². The van der Waals surface area contributed by atoms with E-state index in [9.17, 15) is 4.39 Å². The molecule has 0 aliphatic carbocycles. The summed E-state index contributed by atoms with van der Waals surface area (Å²) in [7, 11) is 4.05. The van der Waals surface area contributed by atoms with Gasteiger partial charge in [0.1, 0.15) is 11.5 Å². The van der Waals surface area contributed by atoms with Crippen molar-refractivity contribution < 1.29 is 4.39 Å². The molecule has 0 saturated carbocycles. The average molecular weight is 424 g/mol. The molecule has 0 aliphatic rings. The first-order valence-corrected chi connectivity index (χ1v) is 9.54. The van der Waals surface area contributed by atoms with Gasteiger partial charge in [-0.05, 0) is 53.8 Å². The van der Waals surface area contributed by atoms with Gasteiger partial charge in [-0.15, -0.1) is 5.10 Å². The Balaban J connectivity index is 1.77. The summed E-state index contributed by atoms with van der Waals surface area (Å²) in [5, 5.41) is 11.8. The average Bonchev–Trinajstić information content (AvgIpc) is 3.17. The molecular formula is C21H19ClFN7. The summed E-state index contributed by atoms with van der Waals surface area (Å²) in [5.41, 5.74) is 9.65. The van der Waals surface area contributed by atoms with Gasteiger partial charge >= 0.3 is 0 Å². The van der Waals surface area contributed by atoms with E-state index in [1.54, 1.807) is 12.3 Å². The molecule has 152 valence electrons. The maximum absolute atomic E-state index is 14.4. The van der Waals surface area contributed by atoms with E-state index in [1.165, 1.54) is 22.4 Å². The second-order valence-electron chi connectivity index (χ2n) is 7.08. The minimum atomic E-state index is -0.546. The second kappa shape index (κ2) is 8.17. The van der Waals surface area contributed by atoms with Crippen molar-refractivity contribution in [3.63, 3.8) is 0 Å². The quantitative estimate of drug-likeness (QED) is 0.525. The first kappa shape index (κ1) is 19.9. The van der Waals surface area contributed by atoms with Crippen LogP contribution in [0.1, 0.15) is 5.56 Å². The number of nitrogen functional groups attached to an aromatic ring is 1. The van der Waals surface area contributed by atoms with Crippen LogP contribution >= 0.6 is 11.6 Å². The zero-order chi connectivity index (χ0) is 21.3. The van der Waals surface area contributed by atoms with Crippen molar-refractivity contribution in [1.82, 2.24) is 30.1 Å². The van der Waals surface area contributed by atoms with Crippen molar-refractivity contribution in [2.24, 2.45) is 0 Å². The topological polar surface area (TPSA) is 85.8 Å². The largest absolute Gasteiger partial charge is 0.383 e. The molecule has 30 heavy (non-hydrogen) atoms. The van der Waals surface area contributed by atoms with Crippen LogP contribution < -0.4 is 5.73 Å². The minimum absolute atomic E-state index is 0.0528. The lowest BCUT2D eigenvalue weighted by molar-refractivity contribution is 0.402. The molecule has 2 aromatic heterocycles. The fourth-order valence-electron chi connectivity index (χ4n) is 3.18. The van der Waals surface area contributed by atoms with E-state index in [1.807, 2.05) is 32.3 Å². The normalized spacial score (nSPS) is 11.2. The smallest absolute Gasteiger partial charge is 0.191 e. The molecule has 0 spiro atoms. The van der Waals surface area contributed by atoms with Crippen LogP contribution in [0, 0.1) is 5.82 Å². The number of para-hydroxylation sites is 1. The number of aromatic nitrogens is 5. The number of nitrogens with zero attached hydrogens (tertiary/aromatic N) is 6. The Bertz CT molecular complexity index is 1170. The SMILES string of the molecule is CN(C)Cc1ccc(-c2cnc(N)c(-c3nnnn3-c3c(F)cccc3Cl)c2)cc1. The van der Waals surface area contributed by atoms with Crippen molar-refractivity contribution in [1.29, 1.82) is 0 Å². The Kier molecular flexibility index (Phi) is 5.43. The predicted molar refractivity (Wildman–Crippen MR) is 115 cm³/mol. The fraction of sp³-hybridized carbons (Fsp3) is 0.143. The summed E-state index contributed by atoms with van der Waals surface area (Å²) >= 11 is 6.19. The number of rotatable bonds is 5. The van der Waals surface area contributed by atoms with Crippen LogP contribution in [0.4, 0.5) is 10.2 Å². The lowest BCUT2D eigenvalue weighted by atomic mass is 10.0. The van der Waals surface area contributed by atoms with Gasteiger partial charge in [-0.3, -0.25) is 0 Å². The number of nitrogens with two attached hydrogens (primary N) is 1. The second-order valence-corrected chi connectivity index (χ2v) is 7.48. The molecule has 0 fully saturated rings. The van der Waals surface area contributed by atoms with Crippen molar-refractivity contribution in [3.05, 3.63) is 71.1 Å². The first-order valence-electron chi connectivity index (χ1n) is 9.16. The van der Waals surface area contributed by atoms with Crippen LogP contribution in [0.3, 0.4) is 0 Å². The summed E-state index contributed by atoms with van der Waals surface area (Å²) in [6, 6.07) is 14.4. The highest BCUT2D eigenvalue weighted by molar-refractivity contribution is 6.32. The Morgan fingerprint density at radius 3 is 2.57 bits per heavy atom. The lowest BCUT2D eigenvalue weighted by Gasteiger charge is -2.12. The van der Waals surface area contributed by atoms with E-state index in [0.717, 1.165) is 17.7 Å². The number of halogens is 2.